The quantitative estimate of drug-likeness (QED) is 0.111. The lowest BCUT2D eigenvalue weighted by molar-refractivity contribution is -0.0663. The van der Waals surface area contributed by atoms with Crippen LogP contribution >= 0.6 is 15.6 Å². The Morgan fingerprint density at radius 2 is 1.28 bits per heavy atom. The second-order valence-electron chi connectivity index (χ2n) is 10.3. The number of aromatic nitrogens is 8. The monoisotopic (exact) mass is 692 g/mol. The number of phosphoric ester groups is 2. The van der Waals surface area contributed by atoms with E-state index in [2.05, 4.69) is 29.9 Å². The Morgan fingerprint density at radius 3 is 1.83 bits per heavy atom. The Kier molecular flexibility index (Phi) is 7.37. The molecule has 4 aromatic heterocycles. The van der Waals surface area contributed by atoms with Gasteiger partial charge in [0, 0.05) is 0 Å². The number of halogens is 1. The summed E-state index contributed by atoms with van der Waals surface area (Å²) in [4.78, 5) is 65.6. The molecule has 0 spiro atoms. The lowest BCUT2D eigenvalue weighted by atomic mass is 10.1. The molecule has 248 valence electrons. The van der Waals surface area contributed by atoms with Crippen molar-refractivity contribution in [2.75, 3.05) is 24.7 Å². The molecule has 7 rings (SSSR count). The molecule has 26 heteroatoms. The number of alkyl halides is 1. The number of hydrogen-bond donors (Lipinski definition) is 7. The van der Waals surface area contributed by atoms with Crippen LogP contribution in [-0.4, -0.2) is 104 Å². The normalized spacial score (nSPS) is 37.1. The zero-order valence-corrected chi connectivity index (χ0v) is 24.5. The van der Waals surface area contributed by atoms with Crippen molar-refractivity contribution < 1.29 is 56.0 Å². The minimum Gasteiger partial charge on any atom is -0.386 e. The number of hydrogen-bond acceptors (Lipinski definition) is 17. The number of rotatable bonds is 2. The number of nitrogens with two attached hydrogens (primary N) is 2. The topological polar surface area (TPSA) is 329 Å². The van der Waals surface area contributed by atoms with Gasteiger partial charge in [0.05, 0.1) is 25.9 Å². The van der Waals surface area contributed by atoms with Gasteiger partial charge in [0.1, 0.15) is 30.5 Å². The van der Waals surface area contributed by atoms with Crippen LogP contribution in [0.4, 0.5) is 16.3 Å². The molecular weight excluding hydrogens is 669 g/mol. The van der Waals surface area contributed by atoms with Crippen molar-refractivity contribution in [2.24, 2.45) is 0 Å². The third-order valence-electron chi connectivity index (χ3n) is 7.34. The van der Waals surface area contributed by atoms with Crippen molar-refractivity contribution in [2.45, 2.75) is 49.1 Å². The van der Waals surface area contributed by atoms with Crippen LogP contribution in [0.3, 0.4) is 0 Å². The zero-order valence-electron chi connectivity index (χ0n) is 22.7. The van der Waals surface area contributed by atoms with E-state index in [0.717, 1.165) is 21.8 Å². The van der Waals surface area contributed by atoms with E-state index in [1.54, 1.807) is 0 Å². The fourth-order valence-electron chi connectivity index (χ4n) is 5.35. The van der Waals surface area contributed by atoms with Gasteiger partial charge in [-0.05, 0) is 0 Å². The molecule has 0 aromatic carbocycles. The minimum absolute atomic E-state index is 0.134. The van der Waals surface area contributed by atoms with Gasteiger partial charge in [-0.1, -0.05) is 0 Å². The number of aromatic amines is 2. The molecule has 3 aliphatic rings. The predicted molar refractivity (Wildman–Crippen MR) is 145 cm³/mol. The van der Waals surface area contributed by atoms with Crippen LogP contribution in [0, 0.1) is 0 Å². The molecule has 3 fully saturated rings. The van der Waals surface area contributed by atoms with Crippen LogP contribution in [0.2, 0.25) is 0 Å². The number of nitrogen functional groups attached to an aromatic ring is 2. The molecule has 7 heterocycles. The molecular formula is C20H23FN10O13P2. The molecule has 0 amide bonds. The van der Waals surface area contributed by atoms with E-state index in [-0.39, 0.29) is 34.2 Å². The maximum Gasteiger partial charge on any atom is 0.472 e. The Labute approximate surface area is 252 Å². The third-order valence-corrected chi connectivity index (χ3v) is 9.31. The van der Waals surface area contributed by atoms with Gasteiger partial charge in [0.2, 0.25) is 11.9 Å². The molecule has 9 N–H and O–H groups in total. The highest BCUT2D eigenvalue weighted by atomic mass is 31.2. The Hall–Kier alpha value is -3.67. The summed E-state index contributed by atoms with van der Waals surface area (Å²) in [7, 11) is -10.3. The first-order chi connectivity index (χ1) is 21.7. The van der Waals surface area contributed by atoms with Gasteiger partial charge in [-0.3, -0.25) is 46.8 Å². The average molecular weight is 692 g/mol. The smallest absolute Gasteiger partial charge is 0.386 e. The number of aliphatic hydroxyl groups excluding tert-OH is 1. The van der Waals surface area contributed by atoms with Crippen LogP contribution in [0.15, 0.2) is 22.2 Å². The molecule has 0 radical (unpaired) electrons. The number of nitrogens with zero attached hydrogens (tertiary/aromatic N) is 6. The summed E-state index contributed by atoms with van der Waals surface area (Å²) in [5.74, 6) is -0.612. The van der Waals surface area contributed by atoms with Crippen LogP contribution in [0.1, 0.15) is 12.5 Å². The molecule has 3 aliphatic heterocycles. The number of H-pyrrole nitrogens is 2. The van der Waals surface area contributed by atoms with Crippen molar-refractivity contribution in [1.29, 1.82) is 0 Å². The fraction of sp³-hybridized carbons (Fsp3) is 0.500. The Bertz CT molecular complexity index is 1910. The number of imidazole rings is 2. The predicted octanol–water partition coefficient (Wildman–Crippen LogP) is -2.07. The van der Waals surface area contributed by atoms with E-state index >= 15 is 4.39 Å². The van der Waals surface area contributed by atoms with E-state index in [1.807, 2.05) is 0 Å². The van der Waals surface area contributed by atoms with Gasteiger partial charge in [-0.2, -0.15) is 9.97 Å². The van der Waals surface area contributed by atoms with Crippen molar-refractivity contribution >= 4 is 49.9 Å². The largest absolute Gasteiger partial charge is 0.472 e. The zero-order chi connectivity index (χ0) is 32.7. The number of ether oxygens (including phenoxy) is 2. The van der Waals surface area contributed by atoms with E-state index in [4.69, 9.17) is 39.0 Å². The first-order valence-electron chi connectivity index (χ1n) is 13.1. The fourth-order valence-corrected chi connectivity index (χ4v) is 7.27. The summed E-state index contributed by atoms with van der Waals surface area (Å²) in [5, 5.41) is 11.1. The lowest BCUT2D eigenvalue weighted by Gasteiger charge is -2.27. The average Bonchev–Trinajstić information content (AvgIpc) is 3.72. The summed E-state index contributed by atoms with van der Waals surface area (Å²) < 4.78 is 75.8. The van der Waals surface area contributed by atoms with Gasteiger partial charge < -0.3 is 35.8 Å². The number of fused-ring (bicyclic) bond motifs is 4. The van der Waals surface area contributed by atoms with E-state index in [9.17, 15) is 33.6 Å². The van der Waals surface area contributed by atoms with Gasteiger partial charge >= 0.3 is 15.6 Å². The Balaban J connectivity index is 1.18. The molecule has 23 nitrogen and oxygen atoms in total. The SMILES string of the molecule is Nc1nc2c(ncn2[C@@H]2O[C@@H]3COP(=O)(O)O[C@H]4[C@@H](F)[C@H](n5cnc6c(=O)[nH]c(N)nc65)O[C@@H]4COP(=O)(O)O[C@H]3[C@H]2O)c(=O)[nH]1. The molecule has 0 saturated carbocycles. The van der Waals surface area contributed by atoms with Crippen molar-refractivity contribution in [3.05, 3.63) is 33.4 Å². The minimum atomic E-state index is -5.18. The molecule has 3 saturated heterocycles. The standard InChI is InChI=1S/C20H23FN10O13P2/c21-7-11-5(41-17(7)30-3-24-8-13(30)26-19(22)28-15(8)33)1-39-46(37,38)44-12-6(2-40-45(35,36)43-11)42-18(10(12)32)31-4-25-9-14(31)27-20(23)29-16(9)34/h3-7,10-12,17-18,32H,1-2H2,(H,35,36)(H,37,38)(H3,22,26,28,33)(H3,23,27,29,34)/t5-,6-,7-,10-,11-,12-,17-,18-/m1/s1. The van der Waals surface area contributed by atoms with E-state index < -0.39 is 89.1 Å². The summed E-state index contributed by atoms with van der Waals surface area (Å²) in [6.45, 7) is -1.86. The summed E-state index contributed by atoms with van der Waals surface area (Å²) in [6.07, 6.45) is -12.1. The molecule has 0 bridgehead atoms. The first-order valence-corrected chi connectivity index (χ1v) is 16.1. The number of anilines is 2. The third kappa shape index (κ3) is 5.32. The summed E-state index contributed by atoms with van der Waals surface area (Å²) in [6, 6.07) is 0. The van der Waals surface area contributed by atoms with Crippen LogP contribution in [0.25, 0.3) is 22.3 Å². The number of nitrogens with one attached hydrogen (secondary N) is 2. The second kappa shape index (κ2) is 11.0. The molecule has 10 atom stereocenters. The second-order valence-corrected chi connectivity index (χ2v) is 13.1. The van der Waals surface area contributed by atoms with Gasteiger partial charge in [-0.15, -0.1) is 0 Å². The van der Waals surface area contributed by atoms with Gasteiger partial charge in [0.15, 0.2) is 41.0 Å². The molecule has 46 heavy (non-hydrogen) atoms. The molecule has 0 aliphatic carbocycles. The number of aliphatic hydroxyl groups is 1. The highest BCUT2D eigenvalue weighted by Crippen LogP contribution is 2.54. The van der Waals surface area contributed by atoms with E-state index in [0.29, 0.717) is 0 Å². The van der Waals surface area contributed by atoms with Crippen LogP contribution < -0.4 is 22.6 Å². The van der Waals surface area contributed by atoms with Crippen molar-refractivity contribution in [1.82, 2.24) is 39.0 Å². The van der Waals surface area contributed by atoms with Gasteiger partial charge in [-0.25, -0.2) is 23.5 Å². The molecule has 4 aromatic rings. The lowest BCUT2D eigenvalue weighted by Crippen LogP contribution is -2.38. The highest BCUT2D eigenvalue weighted by molar-refractivity contribution is 7.47. The maximum atomic E-state index is 15.9. The summed E-state index contributed by atoms with van der Waals surface area (Å²) >= 11 is 0. The highest BCUT2D eigenvalue weighted by Gasteiger charge is 2.54. The van der Waals surface area contributed by atoms with E-state index in [1.165, 1.54) is 0 Å². The van der Waals surface area contributed by atoms with Crippen LogP contribution in [-0.2, 0) is 36.7 Å². The molecule has 2 unspecified atom stereocenters. The van der Waals surface area contributed by atoms with Crippen molar-refractivity contribution in [3.8, 4) is 0 Å². The van der Waals surface area contributed by atoms with Crippen LogP contribution in [0.5, 0.6) is 0 Å². The maximum absolute atomic E-state index is 15.9. The number of phosphoric acid groups is 2. The summed E-state index contributed by atoms with van der Waals surface area (Å²) in [5.41, 5.74) is 9.03. The van der Waals surface area contributed by atoms with Gasteiger partial charge in [0.25, 0.3) is 11.1 Å². The first kappa shape index (κ1) is 31.0. The van der Waals surface area contributed by atoms with Crippen molar-refractivity contribution in [3.63, 3.8) is 0 Å². The Morgan fingerprint density at radius 1 is 0.826 bits per heavy atom.